The smallest absolute Gasteiger partial charge is 0.260 e. The highest BCUT2D eigenvalue weighted by atomic mass is 19.2. The molecular weight excluding hydrogens is 278 g/mol. The SMILES string of the molecule is COc1ccc(F)c(F)c1C(=O)N1CCN2CCC[C@H]2C1. The summed E-state index contributed by atoms with van der Waals surface area (Å²) in [6.45, 7) is 2.95. The van der Waals surface area contributed by atoms with Gasteiger partial charge in [-0.3, -0.25) is 9.69 Å². The van der Waals surface area contributed by atoms with Crippen LogP contribution < -0.4 is 4.74 Å². The first-order valence-corrected chi connectivity index (χ1v) is 7.17. The van der Waals surface area contributed by atoms with E-state index < -0.39 is 17.5 Å². The topological polar surface area (TPSA) is 32.8 Å². The number of fused-ring (bicyclic) bond motifs is 1. The van der Waals surface area contributed by atoms with E-state index in [9.17, 15) is 13.6 Å². The third kappa shape index (κ3) is 2.48. The molecule has 21 heavy (non-hydrogen) atoms. The number of carbonyl (C=O) groups is 1. The quantitative estimate of drug-likeness (QED) is 0.835. The lowest BCUT2D eigenvalue weighted by Gasteiger charge is -2.37. The number of methoxy groups -OCH3 is 1. The predicted molar refractivity (Wildman–Crippen MR) is 73.4 cm³/mol. The summed E-state index contributed by atoms with van der Waals surface area (Å²) >= 11 is 0. The molecule has 3 rings (SSSR count). The number of halogens is 2. The molecule has 1 aromatic rings. The van der Waals surface area contributed by atoms with Crippen LogP contribution in [0, 0.1) is 11.6 Å². The van der Waals surface area contributed by atoms with Gasteiger partial charge in [-0.1, -0.05) is 0 Å². The average molecular weight is 296 g/mol. The summed E-state index contributed by atoms with van der Waals surface area (Å²) in [4.78, 5) is 16.5. The second kappa shape index (κ2) is 5.60. The molecule has 1 amide bonds. The maximum atomic E-state index is 14.0. The summed E-state index contributed by atoms with van der Waals surface area (Å²) < 4.78 is 32.5. The van der Waals surface area contributed by atoms with E-state index in [1.807, 2.05) is 0 Å². The van der Waals surface area contributed by atoms with Crippen molar-refractivity contribution in [3.8, 4) is 5.75 Å². The summed E-state index contributed by atoms with van der Waals surface area (Å²) in [6.07, 6.45) is 2.18. The fourth-order valence-electron chi connectivity index (χ4n) is 3.24. The van der Waals surface area contributed by atoms with Crippen LogP contribution in [0.5, 0.6) is 5.75 Å². The fraction of sp³-hybridized carbons (Fsp3) is 0.533. The van der Waals surface area contributed by atoms with Crippen molar-refractivity contribution in [1.29, 1.82) is 0 Å². The molecule has 0 bridgehead atoms. The molecule has 0 aromatic heterocycles. The van der Waals surface area contributed by atoms with Crippen LogP contribution in [0.3, 0.4) is 0 Å². The standard InChI is InChI=1S/C15H18F2N2O2/c1-21-12-5-4-11(16)14(17)13(12)15(20)19-8-7-18-6-2-3-10(18)9-19/h4-5,10H,2-3,6-9H2,1H3/t10-/m0/s1. The Hall–Kier alpha value is -1.69. The number of hydrogen-bond acceptors (Lipinski definition) is 3. The Kier molecular flexibility index (Phi) is 3.80. The first kappa shape index (κ1) is 14.3. The molecule has 1 atom stereocenters. The van der Waals surface area contributed by atoms with E-state index in [1.165, 1.54) is 13.2 Å². The van der Waals surface area contributed by atoms with E-state index in [2.05, 4.69) is 4.90 Å². The van der Waals surface area contributed by atoms with E-state index >= 15 is 0 Å². The summed E-state index contributed by atoms with van der Waals surface area (Å²) in [6, 6.07) is 2.60. The molecule has 2 aliphatic rings. The number of rotatable bonds is 2. The lowest BCUT2D eigenvalue weighted by molar-refractivity contribution is 0.0562. The molecule has 2 heterocycles. The van der Waals surface area contributed by atoms with Crippen molar-refractivity contribution in [3.63, 3.8) is 0 Å². The molecule has 0 radical (unpaired) electrons. The molecule has 0 spiro atoms. The minimum atomic E-state index is -1.13. The number of ether oxygens (including phenoxy) is 1. The lowest BCUT2D eigenvalue weighted by atomic mass is 10.1. The molecule has 0 N–H and O–H groups in total. The number of carbonyl (C=O) groups excluding carboxylic acids is 1. The van der Waals surface area contributed by atoms with Gasteiger partial charge in [-0.2, -0.15) is 0 Å². The third-order valence-electron chi connectivity index (χ3n) is 4.36. The molecule has 114 valence electrons. The maximum absolute atomic E-state index is 14.0. The van der Waals surface area contributed by atoms with Crippen LogP contribution in [-0.4, -0.2) is 55.0 Å². The van der Waals surface area contributed by atoms with Gasteiger partial charge in [0.15, 0.2) is 11.6 Å². The second-order valence-electron chi connectivity index (χ2n) is 5.52. The predicted octanol–water partition coefficient (Wildman–Crippen LogP) is 1.89. The van der Waals surface area contributed by atoms with Gasteiger partial charge in [-0.05, 0) is 31.5 Å². The van der Waals surface area contributed by atoms with Crippen molar-refractivity contribution in [1.82, 2.24) is 9.80 Å². The summed E-state index contributed by atoms with van der Waals surface area (Å²) in [7, 11) is 1.35. The zero-order valence-corrected chi connectivity index (χ0v) is 11.9. The van der Waals surface area contributed by atoms with Crippen molar-refractivity contribution in [3.05, 3.63) is 29.3 Å². The summed E-state index contributed by atoms with van der Waals surface area (Å²) in [5.41, 5.74) is -0.302. The summed E-state index contributed by atoms with van der Waals surface area (Å²) in [5, 5.41) is 0. The van der Waals surface area contributed by atoms with Gasteiger partial charge in [0, 0.05) is 25.7 Å². The van der Waals surface area contributed by atoms with Crippen molar-refractivity contribution in [2.75, 3.05) is 33.3 Å². The Bertz CT molecular complexity index is 565. The molecule has 2 saturated heterocycles. The van der Waals surface area contributed by atoms with Crippen LogP contribution in [-0.2, 0) is 0 Å². The van der Waals surface area contributed by atoms with Crippen molar-refractivity contribution < 1.29 is 18.3 Å². The van der Waals surface area contributed by atoms with Gasteiger partial charge in [0.1, 0.15) is 11.3 Å². The largest absolute Gasteiger partial charge is 0.496 e. The van der Waals surface area contributed by atoms with Gasteiger partial charge in [0.25, 0.3) is 5.91 Å². The van der Waals surface area contributed by atoms with Crippen LogP contribution in [0.25, 0.3) is 0 Å². The first-order chi connectivity index (χ1) is 10.1. The zero-order chi connectivity index (χ0) is 15.0. The van der Waals surface area contributed by atoms with Gasteiger partial charge in [0.05, 0.1) is 7.11 Å². The molecular formula is C15H18F2N2O2. The van der Waals surface area contributed by atoms with Gasteiger partial charge in [-0.25, -0.2) is 8.78 Å². The van der Waals surface area contributed by atoms with Gasteiger partial charge in [0.2, 0.25) is 0 Å². The van der Waals surface area contributed by atoms with Gasteiger partial charge in [-0.15, -0.1) is 0 Å². The maximum Gasteiger partial charge on any atom is 0.260 e. The van der Waals surface area contributed by atoms with E-state index in [4.69, 9.17) is 4.74 Å². The van der Waals surface area contributed by atoms with E-state index in [0.29, 0.717) is 19.1 Å². The Morgan fingerprint density at radius 2 is 2.10 bits per heavy atom. The minimum absolute atomic E-state index is 0.0766. The highest BCUT2D eigenvalue weighted by Gasteiger charge is 2.34. The van der Waals surface area contributed by atoms with Crippen LogP contribution in [0.15, 0.2) is 12.1 Å². The van der Waals surface area contributed by atoms with Crippen LogP contribution in [0.1, 0.15) is 23.2 Å². The van der Waals surface area contributed by atoms with Crippen LogP contribution in [0.2, 0.25) is 0 Å². The molecule has 0 aliphatic carbocycles. The Balaban J connectivity index is 1.87. The van der Waals surface area contributed by atoms with E-state index in [1.54, 1.807) is 4.90 Å². The number of hydrogen-bond donors (Lipinski definition) is 0. The lowest BCUT2D eigenvalue weighted by Crippen LogP contribution is -2.52. The second-order valence-corrected chi connectivity index (χ2v) is 5.52. The molecule has 6 heteroatoms. The first-order valence-electron chi connectivity index (χ1n) is 7.17. The van der Waals surface area contributed by atoms with E-state index in [0.717, 1.165) is 32.0 Å². The van der Waals surface area contributed by atoms with Crippen LogP contribution in [0.4, 0.5) is 8.78 Å². The van der Waals surface area contributed by atoms with E-state index in [-0.39, 0.29) is 11.3 Å². The number of benzene rings is 1. The number of amides is 1. The summed E-state index contributed by atoms with van der Waals surface area (Å²) in [5.74, 6) is -2.57. The number of nitrogens with zero attached hydrogens (tertiary/aromatic N) is 2. The Morgan fingerprint density at radius 1 is 1.29 bits per heavy atom. The monoisotopic (exact) mass is 296 g/mol. The van der Waals surface area contributed by atoms with Crippen molar-refractivity contribution >= 4 is 5.91 Å². The average Bonchev–Trinajstić information content (AvgIpc) is 2.96. The van der Waals surface area contributed by atoms with Crippen LogP contribution >= 0.6 is 0 Å². The molecule has 4 nitrogen and oxygen atoms in total. The molecule has 0 saturated carbocycles. The van der Waals surface area contributed by atoms with Crippen molar-refractivity contribution in [2.45, 2.75) is 18.9 Å². The third-order valence-corrected chi connectivity index (χ3v) is 4.36. The number of piperazine rings is 1. The molecule has 1 aromatic carbocycles. The highest BCUT2D eigenvalue weighted by Crippen LogP contribution is 2.28. The molecule has 2 fully saturated rings. The normalized spacial score (nSPS) is 22.2. The fourth-order valence-corrected chi connectivity index (χ4v) is 3.24. The Labute approximate surface area is 122 Å². The highest BCUT2D eigenvalue weighted by molar-refractivity contribution is 5.97. The zero-order valence-electron chi connectivity index (χ0n) is 11.9. The Morgan fingerprint density at radius 3 is 2.86 bits per heavy atom. The van der Waals surface area contributed by atoms with Gasteiger partial charge >= 0.3 is 0 Å². The molecule has 2 aliphatic heterocycles. The van der Waals surface area contributed by atoms with Crippen molar-refractivity contribution in [2.24, 2.45) is 0 Å². The van der Waals surface area contributed by atoms with Gasteiger partial charge < -0.3 is 9.64 Å². The molecule has 0 unspecified atom stereocenters. The minimum Gasteiger partial charge on any atom is -0.496 e.